The molecule has 184 valence electrons. The fourth-order valence-electron chi connectivity index (χ4n) is 4.36. The first kappa shape index (κ1) is 23.4. The number of fused-ring (bicyclic) bond motifs is 1. The van der Waals surface area contributed by atoms with Crippen LogP contribution in [0.5, 0.6) is 5.75 Å². The van der Waals surface area contributed by atoms with E-state index in [1.807, 2.05) is 18.2 Å². The number of hydrogen-bond acceptors (Lipinski definition) is 7. The molecule has 1 amide bonds. The van der Waals surface area contributed by atoms with E-state index in [0.717, 1.165) is 55.4 Å². The lowest BCUT2D eigenvalue weighted by molar-refractivity contribution is -0.122. The van der Waals surface area contributed by atoms with Gasteiger partial charge >= 0.3 is 0 Å². The van der Waals surface area contributed by atoms with E-state index in [0.29, 0.717) is 22.7 Å². The van der Waals surface area contributed by atoms with Gasteiger partial charge in [0.05, 0.1) is 11.7 Å². The molecule has 2 aliphatic rings. The smallest absolute Gasteiger partial charge is 0.293 e. The van der Waals surface area contributed by atoms with Crippen LogP contribution in [-0.2, 0) is 4.79 Å². The molecule has 1 aliphatic heterocycles. The Balaban J connectivity index is 1.45. The summed E-state index contributed by atoms with van der Waals surface area (Å²) < 4.78 is 7.34. The van der Waals surface area contributed by atoms with Crippen LogP contribution >= 0.6 is 11.6 Å². The largest absolute Gasteiger partial charge is 0.478 e. The van der Waals surface area contributed by atoms with Crippen LogP contribution < -0.4 is 25.8 Å². The van der Waals surface area contributed by atoms with Gasteiger partial charge in [-0.25, -0.2) is 4.98 Å². The highest BCUT2D eigenvalue weighted by atomic mass is 35.5. The van der Waals surface area contributed by atoms with Gasteiger partial charge in [-0.15, -0.1) is 0 Å². The van der Waals surface area contributed by atoms with Gasteiger partial charge in [-0.1, -0.05) is 18.5 Å². The molecule has 3 heterocycles. The highest BCUT2D eigenvalue weighted by Crippen LogP contribution is 2.37. The Morgan fingerprint density at radius 2 is 1.97 bits per heavy atom. The Labute approximate surface area is 208 Å². The second-order valence-corrected chi connectivity index (χ2v) is 9.72. The van der Waals surface area contributed by atoms with Crippen molar-refractivity contribution in [1.29, 1.82) is 0 Å². The Morgan fingerprint density at radius 1 is 1.20 bits per heavy atom. The fraction of sp³-hybridized carbons (Fsp3) is 0.440. The number of nitrogens with zero attached hydrogens (tertiary/aromatic N) is 4. The number of carbonyl (C=O) groups is 1. The van der Waals surface area contributed by atoms with Crippen LogP contribution in [0.25, 0.3) is 10.9 Å². The van der Waals surface area contributed by atoms with Crippen molar-refractivity contribution < 1.29 is 9.53 Å². The molecule has 0 bridgehead atoms. The number of pyridine rings is 1. The lowest BCUT2D eigenvalue weighted by atomic mass is 10.00. The average Bonchev–Trinajstić information content (AvgIpc) is 3.69. The average molecular weight is 497 g/mol. The van der Waals surface area contributed by atoms with Crippen molar-refractivity contribution in [2.24, 2.45) is 5.92 Å². The summed E-state index contributed by atoms with van der Waals surface area (Å²) in [5.41, 5.74) is 1.38. The molecule has 1 aromatic carbocycles. The first-order valence-corrected chi connectivity index (χ1v) is 12.4. The van der Waals surface area contributed by atoms with Crippen LogP contribution in [0.2, 0.25) is 5.02 Å². The molecular weight excluding hydrogens is 468 g/mol. The number of carbonyl (C=O) groups excluding carboxylic acids is 1. The van der Waals surface area contributed by atoms with E-state index in [1.54, 1.807) is 16.8 Å². The quantitative estimate of drug-likeness (QED) is 0.511. The molecule has 35 heavy (non-hydrogen) atoms. The molecule has 0 radical (unpaired) electrons. The first-order valence-electron chi connectivity index (χ1n) is 12.0. The molecule has 0 unspecified atom stereocenters. The van der Waals surface area contributed by atoms with Crippen molar-refractivity contribution in [2.45, 2.75) is 38.6 Å². The van der Waals surface area contributed by atoms with E-state index in [4.69, 9.17) is 16.3 Å². The predicted octanol–water partition coefficient (Wildman–Crippen LogP) is 3.88. The molecule has 0 atom stereocenters. The number of hydrogen-bond donors (Lipinski definition) is 2. The standard InChI is InChI=1S/C25H29ClN6O3/c1-15-7-9-31(10-8-15)25-28-13-19(26)23(30-25)29-17-3-6-20-16(11-17)12-21(35-14-22(33)27-2)24(34)32(20)18-4-5-18/h3,6,11-13,15,18H,4-5,7-10,14H2,1-2H3,(H,27,33)(H,28,29,30). The number of amides is 1. The maximum Gasteiger partial charge on any atom is 0.293 e. The zero-order chi connectivity index (χ0) is 24.5. The molecule has 2 fully saturated rings. The van der Waals surface area contributed by atoms with Gasteiger partial charge in [-0.2, -0.15) is 4.98 Å². The van der Waals surface area contributed by atoms with Crippen molar-refractivity contribution in [1.82, 2.24) is 19.9 Å². The molecule has 10 heteroatoms. The minimum absolute atomic E-state index is 0.151. The van der Waals surface area contributed by atoms with E-state index in [9.17, 15) is 9.59 Å². The summed E-state index contributed by atoms with van der Waals surface area (Å²) in [5.74, 6) is 1.77. The number of benzene rings is 1. The van der Waals surface area contributed by atoms with Crippen molar-refractivity contribution in [3.05, 3.63) is 45.8 Å². The third-order valence-corrected chi connectivity index (χ3v) is 6.89. The van der Waals surface area contributed by atoms with Gasteiger partial charge in [0.1, 0.15) is 5.02 Å². The Kier molecular flexibility index (Phi) is 6.51. The number of anilines is 3. The van der Waals surface area contributed by atoms with Crippen molar-refractivity contribution in [3.8, 4) is 5.75 Å². The lowest BCUT2D eigenvalue weighted by Gasteiger charge is -2.30. The number of aromatic nitrogens is 3. The molecule has 2 aromatic heterocycles. The third-order valence-electron chi connectivity index (χ3n) is 6.61. The summed E-state index contributed by atoms with van der Waals surface area (Å²) in [5, 5.41) is 7.06. The molecule has 1 saturated carbocycles. The molecule has 1 aliphatic carbocycles. The van der Waals surface area contributed by atoms with Crippen LogP contribution in [-0.4, -0.2) is 47.2 Å². The molecule has 9 nitrogen and oxygen atoms in total. The van der Waals surface area contributed by atoms with Crippen molar-refractivity contribution in [3.63, 3.8) is 0 Å². The van der Waals surface area contributed by atoms with Gasteiger partial charge in [0.15, 0.2) is 18.2 Å². The summed E-state index contributed by atoms with van der Waals surface area (Å²) in [4.78, 5) is 36.0. The van der Waals surface area contributed by atoms with E-state index in [-0.39, 0.29) is 29.9 Å². The number of halogens is 1. The maximum atomic E-state index is 13.0. The summed E-state index contributed by atoms with van der Waals surface area (Å²) in [6.07, 6.45) is 5.75. The number of ether oxygens (including phenoxy) is 1. The van der Waals surface area contributed by atoms with Gasteiger partial charge in [0.25, 0.3) is 11.5 Å². The maximum absolute atomic E-state index is 13.0. The van der Waals surface area contributed by atoms with E-state index in [2.05, 4.69) is 32.4 Å². The van der Waals surface area contributed by atoms with E-state index < -0.39 is 0 Å². The van der Waals surface area contributed by atoms with Gasteiger partial charge in [0, 0.05) is 37.3 Å². The van der Waals surface area contributed by atoms with Gasteiger partial charge < -0.3 is 24.8 Å². The van der Waals surface area contributed by atoms with Gasteiger partial charge in [-0.3, -0.25) is 9.59 Å². The zero-order valence-corrected chi connectivity index (χ0v) is 20.6. The summed E-state index contributed by atoms with van der Waals surface area (Å²) in [7, 11) is 1.53. The third kappa shape index (κ3) is 5.05. The normalized spacial score (nSPS) is 16.4. The fourth-order valence-corrected chi connectivity index (χ4v) is 4.49. The summed E-state index contributed by atoms with van der Waals surface area (Å²) in [6.45, 7) is 3.91. The van der Waals surface area contributed by atoms with Crippen molar-refractivity contribution in [2.75, 3.05) is 37.0 Å². The Hall–Kier alpha value is -3.33. The SMILES string of the molecule is CNC(=O)COc1cc2cc(Nc3nc(N4CCC(C)CC4)ncc3Cl)ccc2n(C2CC2)c1=O. The van der Waals surface area contributed by atoms with Crippen molar-refractivity contribution >= 4 is 45.9 Å². The number of likely N-dealkylation sites (N-methyl/N-ethyl adjacent to an activating group) is 1. The number of rotatable bonds is 7. The second kappa shape index (κ2) is 9.73. The van der Waals surface area contributed by atoms with Crippen LogP contribution in [0.1, 0.15) is 38.6 Å². The monoisotopic (exact) mass is 496 g/mol. The summed E-state index contributed by atoms with van der Waals surface area (Å²) in [6, 6.07) is 7.60. The number of nitrogens with one attached hydrogen (secondary N) is 2. The molecular formula is C25H29ClN6O3. The Bertz CT molecular complexity index is 1310. The van der Waals surface area contributed by atoms with Gasteiger partial charge in [0.2, 0.25) is 5.95 Å². The summed E-state index contributed by atoms with van der Waals surface area (Å²) >= 11 is 6.42. The number of piperidine rings is 1. The minimum Gasteiger partial charge on any atom is -0.478 e. The van der Waals surface area contributed by atoms with Crippen LogP contribution in [0.4, 0.5) is 17.5 Å². The topological polar surface area (TPSA) is 101 Å². The van der Waals surface area contributed by atoms with Crippen LogP contribution in [0.3, 0.4) is 0 Å². The van der Waals surface area contributed by atoms with Crippen LogP contribution in [0.15, 0.2) is 35.3 Å². The lowest BCUT2D eigenvalue weighted by Crippen LogP contribution is -2.34. The molecule has 5 rings (SSSR count). The van der Waals surface area contributed by atoms with Gasteiger partial charge in [-0.05, 0) is 55.9 Å². The minimum atomic E-state index is -0.296. The molecule has 1 saturated heterocycles. The zero-order valence-electron chi connectivity index (χ0n) is 19.9. The first-order chi connectivity index (χ1) is 16.9. The van der Waals surface area contributed by atoms with E-state index >= 15 is 0 Å². The predicted molar refractivity (Wildman–Crippen MR) is 137 cm³/mol. The Morgan fingerprint density at radius 3 is 2.69 bits per heavy atom. The molecule has 2 N–H and O–H groups in total. The highest BCUT2D eigenvalue weighted by molar-refractivity contribution is 6.32. The van der Waals surface area contributed by atoms with Crippen LogP contribution in [0, 0.1) is 5.92 Å². The molecule has 0 spiro atoms. The highest BCUT2D eigenvalue weighted by Gasteiger charge is 2.28. The van der Waals surface area contributed by atoms with E-state index in [1.165, 1.54) is 7.05 Å². The second-order valence-electron chi connectivity index (χ2n) is 9.31. The molecule has 3 aromatic rings.